The number of allylic oxidation sites excluding steroid dienone is 3. The monoisotopic (exact) mass is 499 g/mol. The lowest BCUT2D eigenvalue weighted by atomic mass is 9.75. The number of likely N-dealkylation sites (tertiary alicyclic amines) is 1. The molecular weight excluding hydrogens is 465 g/mol. The molecule has 2 aromatic carbocycles. The molecule has 2 aliphatic carbocycles. The number of rotatable bonds is 4. The Balaban J connectivity index is 1.26. The fourth-order valence-corrected chi connectivity index (χ4v) is 6.97. The smallest absolute Gasteiger partial charge is 0.251 e. The van der Waals surface area contributed by atoms with Gasteiger partial charge in [-0.1, -0.05) is 55.3 Å². The zero-order valence-corrected chi connectivity index (χ0v) is 21.0. The molecule has 6 heteroatoms. The molecule has 1 unspecified atom stereocenters. The van der Waals surface area contributed by atoms with E-state index >= 15 is 0 Å². The molecular formula is C31H34FN3O2. The van der Waals surface area contributed by atoms with Crippen LogP contribution >= 0.6 is 0 Å². The summed E-state index contributed by atoms with van der Waals surface area (Å²) in [4.78, 5) is 29.2. The molecule has 2 amide bonds. The van der Waals surface area contributed by atoms with Gasteiger partial charge in [-0.25, -0.2) is 4.39 Å². The maximum absolute atomic E-state index is 14.2. The van der Waals surface area contributed by atoms with Crippen molar-refractivity contribution in [3.63, 3.8) is 0 Å². The van der Waals surface area contributed by atoms with Gasteiger partial charge < -0.3 is 15.5 Å². The van der Waals surface area contributed by atoms with Gasteiger partial charge in [-0.15, -0.1) is 0 Å². The molecule has 1 saturated heterocycles. The Morgan fingerprint density at radius 3 is 2.57 bits per heavy atom. The summed E-state index contributed by atoms with van der Waals surface area (Å²) in [5.74, 6) is 0.0970. The van der Waals surface area contributed by atoms with Gasteiger partial charge in [0.2, 0.25) is 5.91 Å². The van der Waals surface area contributed by atoms with Gasteiger partial charge in [0.25, 0.3) is 5.91 Å². The minimum Gasteiger partial charge on any atom is -0.381 e. The quantitative estimate of drug-likeness (QED) is 0.560. The van der Waals surface area contributed by atoms with E-state index in [0.717, 1.165) is 43.4 Å². The van der Waals surface area contributed by atoms with Gasteiger partial charge >= 0.3 is 0 Å². The molecule has 192 valence electrons. The van der Waals surface area contributed by atoms with E-state index in [4.69, 9.17) is 0 Å². The van der Waals surface area contributed by atoms with Crippen molar-refractivity contribution >= 4 is 17.5 Å². The van der Waals surface area contributed by atoms with Crippen LogP contribution in [0.15, 0.2) is 78.7 Å². The molecule has 5 nitrogen and oxygen atoms in total. The zero-order chi connectivity index (χ0) is 25.4. The fourth-order valence-electron chi connectivity index (χ4n) is 6.97. The molecule has 2 fully saturated rings. The Morgan fingerprint density at radius 2 is 1.76 bits per heavy atom. The van der Waals surface area contributed by atoms with Crippen molar-refractivity contribution in [2.24, 2.45) is 17.8 Å². The Hall–Kier alpha value is -3.41. The Bertz CT molecular complexity index is 1230. The largest absolute Gasteiger partial charge is 0.381 e. The van der Waals surface area contributed by atoms with Crippen molar-refractivity contribution < 1.29 is 14.0 Å². The lowest BCUT2D eigenvalue weighted by Crippen LogP contribution is -2.51. The van der Waals surface area contributed by atoms with Crippen molar-refractivity contribution in [2.45, 2.75) is 56.7 Å². The predicted molar refractivity (Wildman–Crippen MR) is 143 cm³/mol. The van der Waals surface area contributed by atoms with Gasteiger partial charge in [0.1, 0.15) is 5.83 Å². The zero-order valence-electron chi connectivity index (χ0n) is 21.0. The Labute approximate surface area is 217 Å². The highest BCUT2D eigenvalue weighted by Crippen LogP contribution is 2.49. The van der Waals surface area contributed by atoms with Gasteiger partial charge in [0, 0.05) is 41.7 Å². The van der Waals surface area contributed by atoms with Crippen molar-refractivity contribution in [3.8, 4) is 0 Å². The molecule has 0 bridgehead atoms. The molecule has 1 saturated carbocycles. The lowest BCUT2D eigenvalue weighted by Gasteiger charge is -2.44. The maximum Gasteiger partial charge on any atom is 0.251 e. The standard InChI is InChI=1S/C31H34FN3O2/c32-22-16-14-20(15-17-22)28-25-18-19-35(29(25)23-10-4-6-12-26(23)33-28)31(37)24-11-5-7-13-27(24)34-30(36)21-8-2-1-3-9-21/h1-4,6,8-10,12,14,16-17,20,24-25,27-29,33H,5,7,11,13,15,18-19H2,(H,34,36)/t20?,24-,25+,27+,28-,29-/m0/s1. The van der Waals surface area contributed by atoms with E-state index in [9.17, 15) is 14.0 Å². The summed E-state index contributed by atoms with van der Waals surface area (Å²) in [6.45, 7) is 0.706. The van der Waals surface area contributed by atoms with Crippen LogP contribution in [0.4, 0.5) is 10.1 Å². The summed E-state index contributed by atoms with van der Waals surface area (Å²) in [6, 6.07) is 17.5. The first-order valence-electron chi connectivity index (χ1n) is 13.7. The highest BCUT2D eigenvalue weighted by molar-refractivity contribution is 5.94. The second-order valence-electron chi connectivity index (χ2n) is 10.9. The topological polar surface area (TPSA) is 61.4 Å². The van der Waals surface area contributed by atoms with Gasteiger partial charge in [-0.3, -0.25) is 9.59 Å². The number of carbonyl (C=O) groups is 2. The predicted octanol–water partition coefficient (Wildman–Crippen LogP) is 5.79. The number of anilines is 1. The van der Waals surface area contributed by atoms with E-state index in [-0.39, 0.29) is 53.5 Å². The molecule has 6 atom stereocenters. The molecule has 2 heterocycles. The van der Waals surface area contributed by atoms with Crippen LogP contribution in [0.2, 0.25) is 0 Å². The van der Waals surface area contributed by atoms with Crippen LogP contribution < -0.4 is 10.6 Å². The number of nitrogens with zero attached hydrogens (tertiary/aromatic N) is 1. The summed E-state index contributed by atoms with van der Waals surface area (Å²) >= 11 is 0. The molecule has 2 aliphatic heterocycles. The van der Waals surface area contributed by atoms with Crippen LogP contribution in [0, 0.1) is 17.8 Å². The average Bonchev–Trinajstić information content (AvgIpc) is 3.39. The van der Waals surface area contributed by atoms with Gasteiger partial charge in [0.15, 0.2) is 0 Å². The van der Waals surface area contributed by atoms with E-state index in [0.29, 0.717) is 18.5 Å². The normalized spacial score (nSPS) is 30.5. The van der Waals surface area contributed by atoms with E-state index < -0.39 is 0 Å². The summed E-state index contributed by atoms with van der Waals surface area (Å²) in [7, 11) is 0. The van der Waals surface area contributed by atoms with Crippen LogP contribution in [-0.4, -0.2) is 35.3 Å². The van der Waals surface area contributed by atoms with Crippen LogP contribution in [-0.2, 0) is 4.79 Å². The maximum atomic E-state index is 14.2. The number of nitrogens with one attached hydrogen (secondary N) is 2. The lowest BCUT2D eigenvalue weighted by molar-refractivity contribution is -0.139. The van der Waals surface area contributed by atoms with Crippen LogP contribution in [0.5, 0.6) is 0 Å². The van der Waals surface area contributed by atoms with E-state index in [1.54, 1.807) is 12.2 Å². The first kappa shape index (κ1) is 24.0. The van der Waals surface area contributed by atoms with Crippen molar-refractivity contribution in [3.05, 3.63) is 89.8 Å². The third-order valence-corrected chi connectivity index (χ3v) is 8.78. The molecule has 0 spiro atoms. The summed E-state index contributed by atoms with van der Waals surface area (Å²) in [5, 5.41) is 6.94. The minimum atomic E-state index is -0.215. The molecule has 6 rings (SSSR count). The number of hydrogen-bond donors (Lipinski definition) is 2. The van der Waals surface area contributed by atoms with Crippen molar-refractivity contribution in [1.29, 1.82) is 0 Å². The number of fused-ring (bicyclic) bond motifs is 3. The van der Waals surface area contributed by atoms with E-state index in [1.807, 2.05) is 48.5 Å². The highest BCUT2D eigenvalue weighted by atomic mass is 19.1. The second-order valence-corrected chi connectivity index (χ2v) is 10.9. The third kappa shape index (κ3) is 4.58. The average molecular weight is 500 g/mol. The van der Waals surface area contributed by atoms with Crippen LogP contribution in [0.25, 0.3) is 0 Å². The minimum absolute atomic E-state index is 0.00787. The van der Waals surface area contributed by atoms with Gasteiger partial charge in [-0.2, -0.15) is 0 Å². The summed E-state index contributed by atoms with van der Waals surface area (Å²) < 4.78 is 13.7. The van der Waals surface area contributed by atoms with E-state index in [1.165, 1.54) is 0 Å². The fraction of sp³-hybridized carbons (Fsp3) is 0.419. The van der Waals surface area contributed by atoms with Crippen LogP contribution in [0.1, 0.15) is 60.5 Å². The molecule has 4 aliphatic rings. The summed E-state index contributed by atoms with van der Waals surface area (Å²) in [6.07, 6.45) is 10.4. The highest BCUT2D eigenvalue weighted by Gasteiger charge is 2.49. The Kier molecular flexibility index (Phi) is 6.58. The first-order chi connectivity index (χ1) is 18.1. The second kappa shape index (κ2) is 10.2. The molecule has 37 heavy (non-hydrogen) atoms. The molecule has 2 N–H and O–H groups in total. The first-order valence-corrected chi connectivity index (χ1v) is 13.7. The molecule has 2 aromatic rings. The van der Waals surface area contributed by atoms with Gasteiger partial charge in [0.05, 0.1) is 12.0 Å². The number of amides is 2. The summed E-state index contributed by atoms with van der Waals surface area (Å²) in [5.41, 5.74) is 2.85. The Morgan fingerprint density at radius 1 is 0.973 bits per heavy atom. The van der Waals surface area contributed by atoms with Gasteiger partial charge in [-0.05, 0) is 61.6 Å². The van der Waals surface area contributed by atoms with Crippen molar-refractivity contribution in [2.75, 3.05) is 11.9 Å². The molecule has 0 radical (unpaired) electrons. The SMILES string of the molecule is O=C(N[C@@H]1CCCC[C@@H]1C(=O)N1CC[C@@H]2[C@H](C3C=CC(F)=CC3)Nc3ccccc3[C@@H]21)c1ccccc1. The van der Waals surface area contributed by atoms with Crippen molar-refractivity contribution in [1.82, 2.24) is 10.2 Å². The third-order valence-electron chi connectivity index (χ3n) is 8.78. The number of hydrogen-bond acceptors (Lipinski definition) is 3. The molecule has 0 aromatic heterocycles. The number of halogens is 1. The van der Waals surface area contributed by atoms with Crippen LogP contribution in [0.3, 0.4) is 0 Å². The van der Waals surface area contributed by atoms with E-state index in [2.05, 4.69) is 27.7 Å². The number of carbonyl (C=O) groups excluding carboxylic acids is 2. The number of para-hydroxylation sites is 1. The number of benzene rings is 2.